The topological polar surface area (TPSA) is 77.3 Å². The van der Waals surface area contributed by atoms with Crippen LogP contribution in [0.3, 0.4) is 0 Å². The molecule has 5 heterocycles. The van der Waals surface area contributed by atoms with E-state index in [2.05, 4.69) is 26.2 Å². The Balaban J connectivity index is 1.31. The van der Waals surface area contributed by atoms with Crippen LogP contribution in [0.15, 0.2) is 36.4 Å². The highest BCUT2D eigenvalue weighted by Crippen LogP contribution is 2.44. The van der Waals surface area contributed by atoms with E-state index in [1.165, 1.54) is 6.07 Å². The molecule has 1 aromatic heterocycles. The number of aryl methyl sites for hydroxylation is 1. The number of nitrogens with zero attached hydrogens (tertiary/aromatic N) is 5. The number of rotatable bonds is 7. The van der Waals surface area contributed by atoms with Crippen LogP contribution in [0.25, 0.3) is 32.8 Å². The summed E-state index contributed by atoms with van der Waals surface area (Å²) >= 11 is 6.51. The van der Waals surface area contributed by atoms with Gasteiger partial charge in [-0.15, -0.1) is 0 Å². The molecule has 4 atom stereocenters. The standard InChI is InChI=1S/C35H34ClF3N6O/c36-30-27(38)10-7-20-4-1-6-25(28(20)30)29-21(5-2-12-40)14-26-32(31(29)39)42-34(43-33(26)44-17-23-8-9-24(18-44)41-23)46-19-35-11-3-13-45(35)16-22(37)15-35/h1,4,6-7,10,14,22-24,41H,2-3,5,8-9,11,13,15-19H2/t22-,23?,24?,35+/m1/s1. The number of ether oxygens (including phenoxy) is 1. The molecule has 0 amide bonds. The summed E-state index contributed by atoms with van der Waals surface area (Å²) in [6.07, 6.45) is 3.84. The molecule has 1 N–H and O–H groups in total. The van der Waals surface area contributed by atoms with Crippen LogP contribution in [-0.4, -0.2) is 71.4 Å². The van der Waals surface area contributed by atoms with E-state index >= 15 is 4.39 Å². The van der Waals surface area contributed by atoms with Crippen molar-refractivity contribution in [3.05, 3.63) is 58.6 Å². The lowest BCUT2D eigenvalue weighted by molar-refractivity contribution is 0.107. The van der Waals surface area contributed by atoms with E-state index in [0.717, 1.165) is 32.2 Å². The van der Waals surface area contributed by atoms with Crippen LogP contribution in [0.4, 0.5) is 19.0 Å². The van der Waals surface area contributed by atoms with E-state index in [1.54, 1.807) is 24.3 Å². The van der Waals surface area contributed by atoms with Gasteiger partial charge in [-0.1, -0.05) is 35.9 Å². The second-order valence-electron chi connectivity index (χ2n) is 13.3. The third-order valence-corrected chi connectivity index (χ3v) is 10.8. The number of nitriles is 1. The van der Waals surface area contributed by atoms with Crippen LogP contribution in [0.1, 0.15) is 44.1 Å². The van der Waals surface area contributed by atoms with Gasteiger partial charge in [0.25, 0.3) is 0 Å². The van der Waals surface area contributed by atoms with Crippen molar-refractivity contribution in [2.45, 2.75) is 68.7 Å². The molecule has 4 fully saturated rings. The number of halogens is 4. The van der Waals surface area contributed by atoms with Crippen molar-refractivity contribution in [1.29, 1.82) is 5.26 Å². The molecule has 46 heavy (non-hydrogen) atoms. The van der Waals surface area contributed by atoms with Gasteiger partial charge in [0.2, 0.25) is 0 Å². The van der Waals surface area contributed by atoms with E-state index in [-0.39, 0.29) is 41.6 Å². The molecular weight excluding hydrogens is 613 g/mol. The van der Waals surface area contributed by atoms with Crippen LogP contribution >= 0.6 is 11.6 Å². The summed E-state index contributed by atoms with van der Waals surface area (Å²) in [5.41, 5.74) is 0.921. The van der Waals surface area contributed by atoms with Gasteiger partial charge in [0.05, 0.1) is 16.6 Å². The number of alkyl halides is 1. The fourth-order valence-electron chi connectivity index (χ4n) is 8.36. The van der Waals surface area contributed by atoms with Gasteiger partial charge in [-0.05, 0) is 67.3 Å². The maximum Gasteiger partial charge on any atom is 0.319 e. The minimum atomic E-state index is -0.905. The third-order valence-electron chi connectivity index (χ3n) is 10.4. The molecule has 0 radical (unpaired) electrons. The molecule has 2 bridgehead atoms. The van der Waals surface area contributed by atoms with E-state index in [4.69, 9.17) is 21.3 Å². The molecular formula is C35H34ClF3N6O. The molecule has 238 valence electrons. The minimum Gasteiger partial charge on any atom is -0.461 e. The number of piperazine rings is 1. The second kappa shape index (κ2) is 11.5. The Bertz CT molecular complexity index is 1890. The highest BCUT2D eigenvalue weighted by atomic mass is 35.5. The van der Waals surface area contributed by atoms with Crippen LogP contribution in [0.2, 0.25) is 5.02 Å². The maximum absolute atomic E-state index is 17.2. The molecule has 11 heteroatoms. The van der Waals surface area contributed by atoms with Gasteiger partial charge >= 0.3 is 6.01 Å². The van der Waals surface area contributed by atoms with E-state index < -0.39 is 23.3 Å². The lowest BCUT2D eigenvalue weighted by Crippen LogP contribution is -2.51. The summed E-state index contributed by atoms with van der Waals surface area (Å²) in [6, 6.07) is 12.9. The predicted octanol–water partition coefficient (Wildman–Crippen LogP) is 6.73. The van der Waals surface area contributed by atoms with Crippen LogP contribution in [0, 0.1) is 23.0 Å². The first-order valence-corrected chi connectivity index (χ1v) is 16.5. The number of fused-ring (bicyclic) bond motifs is 5. The minimum absolute atomic E-state index is 0.0496. The number of benzene rings is 3. The molecule has 8 rings (SSSR count). The number of aromatic nitrogens is 2. The molecule has 0 saturated carbocycles. The summed E-state index contributed by atoms with van der Waals surface area (Å²) in [5, 5.41) is 14.7. The van der Waals surface area contributed by atoms with E-state index in [1.807, 2.05) is 6.07 Å². The van der Waals surface area contributed by atoms with Gasteiger partial charge in [-0.2, -0.15) is 15.2 Å². The Morgan fingerprint density at radius 1 is 1.11 bits per heavy atom. The van der Waals surface area contributed by atoms with Crippen molar-refractivity contribution in [3.63, 3.8) is 0 Å². The first-order chi connectivity index (χ1) is 22.3. The monoisotopic (exact) mass is 646 g/mol. The van der Waals surface area contributed by atoms with Gasteiger partial charge in [0.1, 0.15) is 29.9 Å². The van der Waals surface area contributed by atoms with E-state index in [0.29, 0.717) is 71.2 Å². The van der Waals surface area contributed by atoms with Crippen LogP contribution in [0.5, 0.6) is 6.01 Å². The summed E-state index contributed by atoms with van der Waals surface area (Å²) in [4.78, 5) is 13.9. The van der Waals surface area contributed by atoms with Gasteiger partial charge in [-0.25, -0.2) is 13.2 Å². The molecule has 0 spiro atoms. The zero-order valence-corrected chi connectivity index (χ0v) is 26.1. The molecule has 7 nitrogen and oxygen atoms in total. The normalized spacial score (nSPS) is 25.8. The Morgan fingerprint density at radius 2 is 1.93 bits per heavy atom. The number of nitrogens with one attached hydrogen (secondary N) is 1. The number of hydrogen-bond acceptors (Lipinski definition) is 7. The zero-order valence-electron chi connectivity index (χ0n) is 25.3. The summed E-state index contributed by atoms with van der Waals surface area (Å²) in [6.45, 7) is 2.86. The van der Waals surface area contributed by atoms with E-state index in [9.17, 15) is 14.0 Å². The van der Waals surface area contributed by atoms with Gasteiger partial charge in [-0.3, -0.25) is 4.90 Å². The number of hydrogen-bond donors (Lipinski definition) is 1. The Morgan fingerprint density at radius 3 is 2.74 bits per heavy atom. The molecule has 0 aliphatic carbocycles. The van der Waals surface area contributed by atoms with Gasteiger partial charge in [0.15, 0.2) is 5.82 Å². The summed E-state index contributed by atoms with van der Waals surface area (Å²) < 4.78 is 52.8. The molecule has 4 aliphatic rings. The smallest absolute Gasteiger partial charge is 0.319 e. The lowest BCUT2D eigenvalue weighted by atomic mass is 9.90. The molecule has 2 unspecified atom stereocenters. The van der Waals surface area contributed by atoms with Crippen molar-refractivity contribution in [3.8, 4) is 23.2 Å². The molecule has 4 saturated heterocycles. The number of anilines is 1. The van der Waals surface area contributed by atoms with Crippen molar-refractivity contribution in [2.24, 2.45) is 0 Å². The second-order valence-corrected chi connectivity index (χ2v) is 13.7. The molecule has 3 aromatic carbocycles. The zero-order chi connectivity index (χ0) is 31.6. The first kappa shape index (κ1) is 29.7. The molecule has 4 aromatic rings. The van der Waals surface area contributed by atoms with Gasteiger partial charge < -0.3 is 15.0 Å². The third kappa shape index (κ3) is 4.95. The average Bonchev–Trinajstić information content (AvgIpc) is 3.70. The van der Waals surface area contributed by atoms with Crippen molar-refractivity contribution in [1.82, 2.24) is 20.2 Å². The molecule has 4 aliphatic heterocycles. The SMILES string of the molecule is N#CCCc1cc2c(N3CC4CCC(C3)N4)nc(OC[C@@]34CCCN3C[C@H](F)C4)nc2c(F)c1-c1cccc2ccc(F)c(Cl)c12. The van der Waals surface area contributed by atoms with Crippen LogP contribution < -0.4 is 15.0 Å². The van der Waals surface area contributed by atoms with Crippen molar-refractivity contribution >= 4 is 39.1 Å². The fourth-order valence-corrected chi connectivity index (χ4v) is 8.64. The summed E-state index contributed by atoms with van der Waals surface area (Å²) in [7, 11) is 0. The fraction of sp³-hybridized carbons (Fsp3) is 0.457. The van der Waals surface area contributed by atoms with Crippen molar-refractivity contribution in [2.75, 3.05) is 37.7 Å². The Labute approximate surface area is 270 Å². The Kier molecular flexibility index (Phi) is 7.46. The maximum atomic E-state index is 17.2. The van der Waals surface area contributed by atoms with Gasteiger partial charge in [0, 0.05) is 60.9 Å². The first-order valence-electron chi connectivity index (χ1n) is 16.1. The van der Waals surface area contributed by atoms with Crippen molar-refractivity contribution < 1.29 is 17.9 Å². The highest BCUT2D eigenvalue weighted by Gasteiger charge is 2.49. The quantitative estimate of drug-likeness (QED) is 0.239. The Hall–Kier alpha value is -3.65. The average molecular weight is 647 g/mol. The summed E-state index contributed by atoms with van der Waals surface area (Å²) in [5.74, 6) is -0.618. The predicted molar refractivity (Wildman–Crippen MR) is 172 cm³/mol. The largest absolute Gasteiger partial charge is 0.461 e. The lowest BCUT2D eigenvalue weighted by Gasteiger charge is -2.35. The van der Waals surface area contributed by atoms with Crippen LogP contribution in [-0.2, 0) is 6.42 Å². The highest BCUT2D eigenvalue weighted by molar-refractivity contribution is 6.37.